The summed E-state index contributed by atoms with van der Waals surface area (Å²) >= 11 is 0. The van der Waals surface area contributed by atoms with Crippen molar-refractivity contribution in [2.75, 3.05) is 0 Å². The zero-order valence-corrected chi connectivity index (χ0v) is 35.7. The van der Waals surface area contributed by atoms with Crippen LogP contribution in [-0.4, -0.2) is 19.5 Å². The summed E-state index contributed by atoms with van der Waals surface area (Å²) in [6, 6.07) is 83.6. The molecule has 0 saturated carbocycles. The van der Waals surface area contributed by atoms with E-state index in [1.807, 2.05) is 60.7 Å². The minimum absolute atomic E-state index is 0.539. The molecule has 2 aromatic heterocycles. The van der Waals surface area contributed by atoms with Gasteiger partial charge in [0.2, 0.25) is 0 Å². The molecule has 66 heavy (non-hydrogen) atoms. The first-order chi connectivity index (χ1) is 32.7. The third kappa shape index (κ3) is 5.18. The summed E-state index contributed by atoms with van der Waals surface area (Å²) in [6.45, 7) is 0. The molecule has 1 atom stereocenters. The van der Waals surface area contributed by atoms with Gasteiger partial charge in [-0.1, -0.05) is 212 Å². The highest BCUT2D eigenvalue weighted by atomic mass is 15.0. The van der Waals surface area contributed by atoms with Gasteiger partial charge in [0.05, 0.1) is 22.1 Å². The second kappa shape index (κ2) is 14.1. The standard InChI is InChI=1S/C62H38N4/c1-3-17-41(18-4-1)59-63-60(42-19-5-2-6-20-42)65-61(64-59)43-32-30-40(31-33-43)57-45-21-8-7-16-39(45)34-36-46(57)44-35-37-48-47-22-9-11-25-51(47)62(54(48)38-44)52-26-12-14-29-56(52)66-55-28-13-10-23-49(55)50-24-15-27-53(62)58(50)66/h1-38H. The first kappa shape index (κ1) is 36.7. The van der Waals surface area contributed by atoms with Crippen LogP contribution in [0.2, 0.25) is 0 Å². The maximum absolute atomic E-state index is 5.04. The van der Waals surface area contributed by atoms with Crippen LogP contribution in [0.15, 0.2) is 231 Å². The molecule has 1 aliphatic heterocycles. The van der Waals surface area contributed by atoms with Gasteiger partial charge in [-0.2, -0.15) is 0 Å². The Bertz CT molecular complexity index is 3870. The Balaban J connectivity index is 0.972. The van der Waals surface area contributed by atoms with Crippen LogP contribution in [0.1, 0.15) is 22.3 Å². The molecule has 1 spiro atoms. The monoisotopic (exact) mass is 838 g/mol. The van der Waals surface area contributed by atoms with Gasteiger partial charge < -0.3 is 4.57 Å². The van der Waals surface area contributed by atoms with Gasteiger partial charge in [0.1, 0.15) is 0 Å². The largest absolute Gasteiger partial charge is 0.309 e. The molecule has 3 heterocycles. The smallest absolute Gasteiger partial charge is 0.164 e. The van der Waals surface area contributed by atoms with E-state index in [0.29, 0.717) is 17.5 Å². The van der Waals surface area contributed by atoms with Gasteiger partial charge in [0.25, 0.3) is 0 Å². The molecular weight excluding hydrogens is 801 g/mol. The predicted molar refractivity (Wildman–Crippen MR) is 270 cm³/mol. The van der Waals surface area contributed by atoms with E-state index in [1.165, 1.54) is 88.3 Å². The van der Waals surface area contributed by atoms with Gasteiger partial charge in [-0.25, -0.2) is 15.0 Å². The van der Waals surface area contributed by atoms with Crippen molar-refractivity contribution < 1.29 is 0 Å². The number of hydrogen-bond acceptors (Lipinski definition) is 3. The molecule has 0 radical (unpaired) electrons. The van der Waals surface area contributed by atoms with Crippen molar-refractivity contribution in [2.24, 2.45) is 0 Å². The van der Waals surface area contributed by atoms with Crippen LogP contribution in [0.5, 0.6) is 0 Å². The number of benzene rings is 10. The molecule has 0 amide bonds. The predicted octanol–water partition coefficient (Wildman–Crippen LogP) is 15.1. The molecule has 1 aliphatic carbocycles. The first-order valence-corrected chi connectivity index (χ1v) is 22.6. The van der Waals surface area contributed by atoms with Crippen molar-refractivity contribution >= 4 is 32.6 Å². The molecule has 2 aliphatic rings. The Kier molecular flexibility index (Phi) is 7.87. The quantitative estimate of drug-likeness (QED) is 0.173. The van der Waals surface area contributed by atoms with Crippen LogP contribution in [0.4, 0.5) is 0 Å². The minimum Gasteiger partial charge on any atom is -0.309 e. The Morgan fingerprint density at radius 1 is 0.318 bits per heavy atom. The lowest BCUT2D eigenvalue weighted by Gasteiger charge is -2.39. The van der Waals surface area contributed by atoms with Crippen LogP contribution in [-0.2, 0) is 5.41 Å². The van der Waals surface area contributed by atoms with Crippen molar-refractivity contribution in [1.82, 2.24) is 19.5 Å². The van der Waals surface area contributed by atoms with E-state index < -0.39 is 5.41 Å². The number of aromatic nitrogens is 4. The van der Waals surface area contributed by atoms with Crippen LogP contribution >= 0.6 is 0 Å². The van der Waals surface area contributed by atoms with E-state index in [-0.39, 0.29) is 0 Å². The highest BCUT2D eigenvalue weighted by Gasteiger charge is 2.50. The number of fused-ring (bicyclic) bond motifs is 13. The van der Waals surface area contributed by atoms with Crippen molar-refractivity contribution in [2.45, 2.75) is 5.41 Å². The lowest BCUT2D eigenvalue weighted by atomic mass is 9.65. The second-order valence-electron chi connectivity index (χ2n) is 17.5. The Morgan fingerprint density at radius 2 is 0.848 bits per heavy atom. The van der Waals surface area contributed by atoms with Crippen molar-refractivity contribution in [3.05, 3.63) is 253 Å². The molecule has 306 valence electrons. The zero-order valence-electron chi connectivity index (χ0n) is 35.7. The van der Waals surface area contributed by atoms with Crippen molar-refractivity contribution in [1.29, 1.82) is 0 Å². The number of nitrogens with zero attached hydrogens (tertiary/aromatic N) is 4. The van der Waals surface area contributed by atoms with E-state index in [0.717, 1.165) is 22.3 Å². The lowest BCUT2D eigenvalue weighted by molar-refractivity contribution is 0.749. The van der Waals surface area contributed by atoms with Gasteiger partial charge in [-0.15, -0.1) is 0 Å². The fraction of sp³-hybridized carbons (Fsp3) is 0.0161. The summed E-state index contributed by atoms with van der Waals surface area (Å²) in [5.41, 5.74) is 18.5. The third-order valence-corrected chi connectivity index (χ3v) is 14.1. The fourth-order valence-electron chi connectivity index (χ4n) is 11.3. The average Bonchev–Trinajstić information content (AvgIpc) is 3.89. The third-order valence-electron chi connectivity index (χ3n) is 14.1. The summed E-state index contributed by atoms with van der Waals surface area (Å²) in [5, 5.41) is 4.96. The van der Waals surface area contributed by atoms with Gasteiger partial charge in [-0.05, 0) is 84.6 Å². The maximum atomic E-state index is 5.04. The van der Waals surface area contributed by atoms with Crippen LogP contribution in [0.25, 0.3) is 106 Å². The highest BCUT2D eigenvalue weighted by molar-refractivity contribution is 6.13. The van der Waals surface area contributed by atoms with E-state index >= 15 is 0 Å². The maximum Gasteiger partial charge on any atom is 0.164 e. The number of hydrogen-bond donors (Lipinski definition) is 0. The number of rotatable bonds is 5. The van der Waals surface area contributed by atoms with Crippen LogP contribution in [0.3, 0.4) is 0 Å². The van der Waals surface area contributed by atoms with E-state index in [9.17, 15) is 0 Å². The molecule has 0 saturated heterocycles. The summed E-state index contributed by atoms with van der Waals surface area (Å²) in [4.78, 5) is 15.0. The van der Waals surface area contributed by atoms with E-state index in [1.54, 1.807) is 0 Å². The normalized spacial score (nSPS) is 14.4. The molecule has 0 bridgehead atoms. The fourth-order valence-corrected chi connectivity index (χ4v) is 11.3. The molecule has 14 rings (SSSR count). The van der Waals surface area contributed by atoms with Gasteiger partial charge in [0, 0.05) is 27.5 Å². The van der Waals surface area contributed by atoms with Crippen molar-refractivity contribution in [3.63, 3.8) is 0 Å². The van der Waals surface area contributed by atoms with Crippen LogP contribution in [0, 0.1) is 0 Å². The summed E-state index contributed by atoms with van der Waals surface area (Å²) in [5.74, 6) is 1.93. The Morgan fingerprint density at radius 3 is 1.61 bits per heavy atom. The topological polar surface area (TPSA) is 43.6 Å². The van der Waals surface area contributed by atoms with Crippen molar-refractivity contribution in [3.8, 4) is 73.2 Å². The lowest BCUT2D eigenvalue weighted by Crippen LogP contribution is -2.33. The molecule has 0 fully saturated rings. The number of para-hydroxylation sites is 3. The Hall–Kier alpha value is -8.73. The van der Waals surface area contributed by atoms with Gasteiger partial charge in [0.15, 0.2) is 17.5 Å². The summed E-state index contributed by atoms with van der Waals surface area (Å²) in [7, 11) is 0. The van der Waals surface area contributed by atoms with E-state index in [2.05, 4.69) is 174 Å². The zero-order chi connectivity index (χ0) is 43.3. The minimum atomic E-state index is -0.539. The first-order valence-electron chi connectivity index (χ1n) is 22.6. The molecule has 12 aromatic rings. The van der Waals surface area contributed by atoms with E-state index in [4.69, 9.17) is 15.0 Å². The van der Waals surface area contributed by atoms with Gasteiger partial charge in [-0.3, -0.25) is 0 Å². The SMILES string of the molecule is c1ccc(-c2nc(-c3ccccc3)nc(-c3ccc(-c4c(-c5ccc6c(c5)C5(c7ccccc7-6)c6ccccc6-n6c7ccccc7c7cccc5c76)ccc5ccccc45)cc3)n2)cc1. The summed E-state index contributed by atoms with van der Waals surface area (Å²) in [6.07, 6.45) is 0. The molecule has 0 N–H and O–H groups in total. The molecule has 4 nitrogen and oxygen atoms in total. The second-order valence-corrected chi connectivity index (χ2v) is 17.5. The average molecular weight is 839 g/mol. The summed E-state index contributed by atoms with van der Waals surface area (Å²) < 4.78 is 2.51. The van der Waals surface area contributed by atoms with Crippen LogP contribution < -0.4 is 0 Å². The molecule has 1 unspecified atom stereocenters. The van der Waals surface area contributed by atoms with Gasteiger partial charge >= 0.3 is 0 Å². The Labute approximate surface area is 381 Å². The molecule has 10 aromatic carbocycles. The highest BCUT2D eigenvalue weighted by Crippen LogP contribution is 2.61. The molecule has 4 heteroatoms. The molecular formula is C62H38N4.